The highest BCUT2D eigenvalue weighted by Gasteiger charge is 2.38. The summed E-state index contributed by atoms with van der Waals surface area (Å²) in [5, 5.41) is 2.95. The Morgan fingerprint density at radius 2 is 2.00 bits per heavy atom. The van der Waals surface area contributed by atoms with Crippen molar-refractivity contribution in [2.45, 2.75) is 32.2 Å². The average molecular weight is 302 g/mol. The van der Waals surface area contributed by atoms with Crippen LogP contribution in [0.1, 0.15) is 24.8 Å². The van der Waals surface area contributed by atoms with Gasteiger partial charge in [-0.2, -0.15) is 0 Å². The first-order valence-electron chi connectivity index (χ1n) is 7.89. The van der Waals surface area contributed by atoms with E-state index in [0.717, 1.165) is 24.1 Å². The summed E-state index contributed by atoms with van der Waals surface area (Å²) < 4.78 is 5.34. The fraction of sp³-hybridized carbons (Fsp3) is 0.529. The van der Waals surface area contributed by atoms with Crippen LogP contribution in [0.25, 0.3) is 0 Å². The third kappa shape index (κ3) is 3.14. The van der Waals surface area contributed by atoms with E-state index >= 15 is 0 Å². The minimum Gasteiger partial charge on any atom is -0.381 e. The highest BCUT2D eigenvalue weighted by Crippen LogP contribution is 2.26. The van der Waals surface area contributed by atoms with Gasteiger partial charge in [-0.1, -0.05) is 18.2 Å². The van der Waals surface area contributed by atoms with Gasteiger partial charge in [-0.25, -0.2) is 0 Å². The van der Waals surface area contributed by atoms with Gasteiger partial charge in [-0.05, 0) is 31.4 Å². The number of aryl methyl sites for hydroxylation is 1. The Bertz CT molecular complexity index is 567. The number of likely N-dealkylation sites (tertiary alicyclic amines) is 1. The van der Waals surface area contributed by atoms with Gasteiger partial charge in [0.2, 0.25) is 11.8 Å². The lowest BCUT2D eigenvalue weighted by Crippen LogP contribution is -2.41. The van der Waals surface area contributed by atoms with Crippen molar-refractivity contribution in [3.63, 3.8) is 0 Å². The first-order chi connectivity index (χ1) is 10.6. The molecule has 1 aromatic rings. The molecular formula is C17H22N2O3. The molecule has 0 aromatic heterocycles. The Kier molecular flexibility index (Phi) is 4.43. The third-order valence-corrected chi connectivity index (χ3v) is 4.56. The molecule has 5 nitrogen and oxygen atoms in total. The van der Waals surface area contributed by atoms with Crippen LogP contribution in [0, 0.1) is 12.8 Å². The monoisotopic (exact) mass is 302 g/mol. The summed E-state index contributed by atoms with van der Waals surface area (Å²) in [6, 6.07) is 7.93. The van der Waals surface area contributed by atoms with Crippen molar-refractivity contribution >= 4 is 17.5 Å². The molecule has 2 aliphatic rings. The number of hydrogen-bond donors (Lipinski definition) is 1. The Labute approximate surface area is 130 Å². The molecular weight excluding hydrogens is 280 g/mol. The van der Waals surface area contributed by atoms with Crippen LogP contribution in [0.5, 0.6) is 0 Å². The van der Waals surface area contributed by atoms with Gasteiger partial charge in [0.1, 0.15) is 0 Å². The topological polar surface area (TPSA) is 58.6 Å². The van der Waals surface area contributed by atoms with Crippen molar-refractivity contribution in [1.29, 1.82) is 0 Å². The van der Waals surface area contributed by atoms with E-state index in [1.54, 1.807) is 0 Å². The van der Waals surface area contributed by atoms with Crippen molar-refractivity contribution in [3.05, 3.63) is 29.8 Å². The second kappa shape index (κ2) is 6.48. The van der Waals surface area contributed by atoms with Crippen molar-refractivity contribution in [2.75, 3.05) is 25.1 Å². The van der Waals surface area contributed by atoms with Crippen LogP contribution in [0.15, 0.2) is 24.3 Å². The molecule has 2 heterocycles. The van der Waals surface area contributed by atoms with E-state index in [1.807, 2.05) is 36.1 Å². The minimum atomic E-state index is -0.255. The van der Waals surface area contributed by atoms with Gasteiger partial charge in [-0.3, -0.25) is 9.59 Å². The highest BCUT2D eigenvalue weighted by molar-refractivity contribution is 5.97. The van der Waals surface area contributed by atoms with Gasteiger partial charge in [0, 0.05) is 37.9 Å². The Balaban J connectivity index is 1.62. The Morgan fingerprint density at radius 3 is 2.73 bits per heavy atom. The molecule has 2 saturated heterocycles. The average Bonchev–Trinajstić information content (AvgIpc) is 2.92. The van der Waals surface area contributed by atoms with Gasteiger partial charge in [0.25, 0.3) is 0 Å². The lowest BCUT2D eigenvalue weighted by Gasteiger charge is -2.31. The maximum atomic E-state index is 12.4. The van der Waals surface area contributed by atoms with Gasteiger partial charge < -0.3 is 15.0 Å². The van der Waals surface area contributed by atoms with Crippen LogP contribution in [0.4, 0.5) is 5.69 Å². The molecule has 3 rings (SSSR count). The second-order valence-corrected chi connectivity index (χ2v) is 6.09. The van der Waals surface area contributed by atoms with E-state index in [0.29, 0.717) is 26.2 Å². The Morgan fingerprint density at radius 1 is 1.27 bits per heavy atom. The molecule has 0 saturated carbocycles. The molecule has 1 unspecified atom stereocenters. The molecule has 0 bridgehead atoms. The van der Waals surface area contributed by atoms with Gasteiger partial charge in [0.15, 0.2) is 0 Å². The smallest absolute Gasteiger partial charge is 0.229 e. The molecule has 0 spiro atoms. The number of para-hydroxylation sites is 1. The molecule has 0 radical (unpaired) electrons. The fourth-order valence-electron chi connectivity index (χ4n) is 3.20. The van der Waals surface area contributed by atoms with Crippen LogP contribution in [0.3, 0.4) is 0 Å². The van der Waals surface area contributed by atoms with Crippen LogP contribution in [-0.4, -0.2) is 42.5 Å². The summed E-state index contributed by atoms with van der Waals surface area (Å²) in [6.07, 6.45) is 2.06. The molecule has 1 N–H and O–H groups in total. The largest absolute Gasteiger partial charge is 0.381 e. The lowest BCUT2D eigenvalue weighted by atomic mass is 10.1. The zero-order valence-corrected chi connectivity index (χ0v) is 12.9. The summed E-state index contributed by atoms with van der Waals surface area (Å²) in [6.45, 7) is 3.90. The molecule has 22 heavy (non-hydrogen) atoms. The quantitative estimate of drug-likeness (QED) is 0.928. The molecule has 5 heteroatoms. The molecule has 1 aromatic carbocycles. The van der Waals surface area contributed by atoms with Crippen LogP contribution in [0.2, 0.25) is 0 Å². The maximum absolute atomic E-state index is 12.4. The normalized spacial score (nSPS) is 22.9. The molecule has 2 aliphatic heterocycles. The van der Waals surface area contributed by atoms with Crippen LogP contribution in [-0.2, 0) is 14.3 Å². The van der Waals surface area contributed by atoms with Crippen LogP contribution >= 0.6 is 0 Å². The summed E-state index contributed by atoms with van der Waals surface area (Å²) in [5.74, 6) is -0.219. The third-order valence-electron chi connectivity index (χ3n) is 4.56. The molecule has 0 aliphatic carbocycles. The highest BCUT2D eigenvalue weighted by atomic mass is 16.5. The number of ether oxygens (including phenoxy) is 1. The SMILES string of the molecule is Cc1ccccc1NC(=O)C1CC(=O)N(C2CCOCC2)C1. The van der Waals surface area contributed by atoms with Gasteiger partial charge in [0.05, 0.1) is 5.92 Å². The number of carbonyl (C=O) groups is 2. The van der Waals surface area contributed by atoms with E-state index in [2.05, 4.69) is 5.32 Å². The zero-order chi connectivity index (χ0) is 15.5. The minimum absolute atomic E-state index is 0.0581. The van der Waals surface area contributed by atoms with E-state index < -0.39 is 0 Å². The molecule has 118 valence electrons. The van der Waals surface area contributed by atoms with Crippen molar-refractivity contribution < 1.29 is 14.3 Å². The number of hydrogen-bond acceptors (Lipinski definition) is 3. The second-order valence-electron chi connectivity index (χ2n) is 6.09. The fourth-order valence-corrected chi connectivity index (χ4v) is 3.20. The summed E-state index contributed by atoms with van der Waals surface area (Å²) in [4.78, 5) is 26.5. The van der Waals surface area contributed by atoms with Gasteiger partial charge >= 0.3 is 0 Å². The summed E-state index contributed by atoms with van der Waals surface area (Å²) in [5.41, 5.74) is 1.85. The predicted molar refractivity (Wildman–Crippen MR) is 83.5 cm³/mol. The van der Waals surface area contributed by atoms with E-state index in [1.165, 1.54) is 0 Å². The van der Waals surface area contributed by atoms with E-state index in [4.69, 9.17) is 4.74 Å². The Hall–Kier alpha value is -1.88. The number of rotatable bonds is 3. The van der Waals surface area contributed by atoms with Crippen molar-refractivity contribution in [3.8, 4) is 0 Å². The molecule has 2 amide bonds. The first-order valence-corrected chi connectivity index (χ1v) is 7.89. The maximum Gasteiger partial charge on any atom is 0.229 e. The van der Waals surface area contributed by atoms with Gasteiger partial charge in [-0.15, -0.1) is 0 Å². The molecule has 1 atom stereocenters. The predicted octanol–water partition coefficient (Wildman–Crippen LogP) is 1.96. The van der Waals surface area contributed by atoms with E-state index in [-0.39, 0.29) is 23.8 Å². The summed E-state index contributed by atoms with van der Waals surface area (Å²) >= 11 is 0. The lowest BCUT2D eigenvalue weighted by molar-refractivity contribution is -0.131. The van der Waals surface area contributed by atoms with Crippen molar-refractivity contribution in [1.82, 2.24) is 4.90 Å². The number of amides is 2. The molecule has 2 fully saturated rings. The number of anilines is 1. The number of benzene rings is 1. The number of carbonyl (C=O) groups excluding carboxylic acids is 2. The zero-order valence-electron chi connectivity index (χ0n) is 12.9. The van der Waals surface area contributed by atoms with Crippen molar-refractivity contribution in [2.24, 2.45) is 5.92 Å². The first kappa shape index (κ1) is 15.0. The number of nitrogens with zero attached hydrogens (tertiary/aromatic N) is 1. The van der Waals surface area contributed by atoms with E-state index in [9.17, 15) is 9.59 Å². The summed E-state index contributed by atoms with van der Waals surface area (Å²) in [7, 11) is 0. The standard InChI is InChI=1S/C17H22N2O3/c1-12-4-2-3-5-15(12)18-17(21)13-10-16(20)19(11-13)14-6-8-22-9-7-14/h2-5,13-14H,6-11H2,1H3,(H,18,21). The number of nitrogens with one attached hydrogen (secondary N) is 1. The van der Waals surface area contributed by atoms with Crippen LogP contribution < -0.4 is 5.32 Å².